The molecule has 0 atom stereocenters. The molecule has 0 aromatic carbocycles. The van der Waals surface area contributed by atoms with Crippen molar-refractivity contribution < 1.29 is 23.9 Å². The van der Waals surface area contributed by atoms with Crippen molar-refractivity contribution in [3.63, 3.8) is 0 Å². The highest BCUT2D eigenvalue weighted by Gasteiger charge is 2.31. The minimum absolute atomic E-state index is 0.0699. The molecule has 9 heteroatoms. The van der Waals surface area contributed by atoms with Crippen LogP contribution in [0.2, 0.25) is 0 Å². The number of carbonyl (C=O) groups is 3. The Bertz CT molecular complexity index is 514. The third-order valence-electron chi connectivity index (χ3n) is 2.76. The van der Waals surface area contributed by atoms with Crippen LogP contribution in [0.5, 0.6) is 0 Å². The molecule has 114 valence electrons. The van der Waals surface area contributed by atoms with E-state index in [2.05, 4.69) is 15.6 Å². The second-order valence-electron chi connectivity index (χ2n) is 4.21. The molecule has 0 bridgehead atoms. The number of esters is 1. The summed E-state index contributed by atoms with van der Waals surface area (Å²) in [6, 6.07) is -0.439. The number of hydrogen-bond acceptors (Lipinski definition) is 6. The molecule has 0 fully saturated rings. The Labute approximate surface area is 121 Å². The zero-order chi connectivity index (χ0) is 15.2. The molecule has 0 aliphatic carbocycles. The maximum Gasteiger partial charge on any atom is 0.345 e. The zero-order valence-corrected chi connectivity index (χ0v) is 11.5. The van der Waals surface area contributed by atoms with Crippen LogP contribution in [0.3, 0.4) is 0 Å². The molecule has 21 heavy (non-hydrogen) atoms. The molecule has 0 unspecified atom stereocenters. The first-order chi connectivity index (χ1) is 10.1. The third kappa shape index (κ3) is 3.71. The van der Waals surface area contributed by atoms with Gasteiger partial charge in [-0.15, -0.1) is 4.99 Å². The van der Waals surface area contributed by atoms with Gasteiger partial charge in [-0.05, 0) is 6.92 Å². The predicted molar refractivity (Wildman–Crippen MR) is 71.0 cm³/mol. The summed E-state index contributed by atoms with van der Waals surface area (Å²) in [5.41, 5.74) is 0.245. The third-order valence-corrected chi connectivity index (χ3v) is 2.76. The minimum atomic E-state index is -0.509. The van der Waals surface area contributed by atoms with E-state index in [1.807, 2.05) is 0 Å². The SMILES string of the molecule is CCOC(=O)CCNC(=O)C1=COC2=NC(=O)NCCN12. The number of aliphatic imine (C=N–C) groups is 1. The summed E-state index contributed by atoms with van der Waals surface area (Å²) in [6.07, 6.45) is 1.33. The van der Waals surface area contributed by atoms with Crippen molar-refractivity contribution in [2.24, 2.45) is 4.99 Å². The van der Waals surface area contributed by atoms with Crippen molar-refractivity contribution in [1.82, 2.24) is 15.5 Å². The minimum Gasteiger partial charge on any atom is -0.466 e. The monoisotopic (exact) mass is 296 g/mol. The van der Waals surface area contributed by atoms with Crippen LogP contribution < -0.4 is 10.6 Å². The lowest BCUT2D eigenvalue weighted by molar-refractivity contribution is -0.143. The number of ether oxygens (including phenoxy) is 2. The van der Waals surface area contributed by atoms with Gasteiger partial charge in [0.15, 0.2) is 0 Å². The Kier molecular flexibility index (Phi) is 4.75. The van der Waals surface area contributed by atoms with Crippen molar-refractivity contribution >= 4 is 23.9 Å². The summed E-state index contributed by atoms with van der Waals surface area (Å²) < 4.78 is 9.87. The van der Waals surface area contributed by atoms with Gasteiger partial charge in [0.25, 0.3) is 5.91 Å². The van der Waals surface area contributed by atoms with Crippen LogP contribution in [-0.4, -0.2) is 55.1 Å². The number of rotatable bonds is 5. The molecule has 2 N–H and O–H groups in total. The fraction of sp³-hybridized carbons (Fsp3) is 0.500. The van der Waals surface area contributed by atoms with Crippen LogP contribution >= 0.6 is 0 Å². The Morgan fingerprint density at radius 3 is 3.14 bits per heavy atom. The average Bonchev–Trinajstić information content (AvgIpc) is 2.73. The van der Waals surface area contributed by atoms with Crippen LogP contribution in [0.1, 0.15) is 13.3 Å². The summed E-state index contributed by atoms with van der Waals surface area (Å²) in [5, 5.41) is 5.13. The van der Waals surface area contributed by atoms with E-state index in [1.54, 1.807) is 6.92 Å². The first kappa shape index (κ1) is 14.8. The fourth-order valence-corrected chi connectivity index (χ4v) is 1.82. The average molecular weight is 296 g/mol. The van der Waals surface area contributed by atoms with E-state index in [-0.39, 0.29) is 30.7 Å². The second kappa shape index (κ2) is 6.73. The molecule has 2 heterocycles. The van der Waals surface area contributed by atoms with Gasteiger partial charge in [-0.3, -0.25) is 14.5 Å². The quantitative estimate of drug-likeness (QED) is 0.650. The fourth-order valence-electron chi connectivity index (χ4n) is 1.82. The van der Waals surface area contributed by atoms with Gasteiger partial charge in [-0.1, -0.05) is 0 Å². The Morgan fingerprint density at radius 2 is 2.38 bits per heavy atom. The van der Waals surface area contributed by atoms with E-state index in [4.69, 9.17) is 9.47 Å². The number of urea groups is 1. The van der Waals surface area contributed by atoms with Crippen LogP contribution in [0.15, 0.2) is 17.0 Å². The highest BCUT2D eigenvalue weighted by atomic mass is 16.5. The molecule has 0 aromatic rings. The lowest BCUT2D eigenvalue weighted by atomic mass is 10.3. The molecule has 0 saturated heterocycles. The number of carbonyl (C=O) groups excluding carboxylic acids is 3. The topological polar surface area (TPSA) is 109 Å². The van der Waals surface area contributed by atoms with Crippen molar-refractivity contribution in [3.8, 4) is 0 Å². The van der Waals surface area contributed by atoms with E-state index in [0.29, 0.717) is 19.7 Å². The molecule has 9 nitrogen and oxygen atoms in total. The molecule has 0 saturated carbocycles. The van der Waals surface area contributed by atoms with E-state index in [0.717, 1.165) is 0 Å². The van der Waals surface area contributed by atoms with E-state index in [1.165, 1.54) is 11.2 Å². The molecule has 0 aromatic heterocycles. The normalized spacial score (nSPS) is 16.8. The lowest BCUT2D eigenvalue weighted by Crippen LogP contribution is -2.38. The van der Waals surface area contributed by atoms with E-state index in [9.17, 15) is 14.4 Å². The number of nitrogens with zero attached hydrogens (tertiary/aromatic N) is 2. The summed E-state index contributed by atoms with van der Waals surface area (Å²) >= 11 is 0. The van der Waals surface area contributed by atoms with Crippen molar-refractivity contribution in [2.75, 3.05) is 26.2 Å². The lowest BCUT2D eigenvalue weighted by Gasteiger charge is -2.17. The highest BCUT2D eigenvalue weighted by Crippen LogP contribution is 2.16. The second-order valence-corrected chi connectivity index (χ2v) is 4.21. The standard InChI is InChI=1S/C12H16N4O5/c1-2-20-9(17)3-4-13-10(18)8-7-21-12-15-11(19)14-5-6-16(8)12/h7H,2-6H2,1H3,(H,13,18)(H,14,19). The van der Waals surface area contributed by atoms with Crippen LogP contribution in [0.25, 0.3) is 0 Å². The predicted octanol–water partition coefficient (Wildman–Crippen LogP) is -0.691. The van der Waals surface area contributed by atoms with Crippen molar-refractivity contribution in [2.45, 2.75) is 13.3 Å². The Hall–Kier alpha value is -2.58. The molecule has 2 aliphatic heterocycles. The summed E-state index contributed by atoms with van der Waals surface area (Å²) in [7, 11) is 0. The van der Waals surface area contributed by atoms with E-state index < -0.39 is 11.9 Å². The largest absolute Gasteiger partial charge is 0.466 e. The van der Waals surface area contributed by atoms with Gasteiger partial charge < -0.3 is 20.1 Å². The molecule has 2 rings (SSSR count). The molecule has 3 amide bonds. The van der Waals surface area contributed by atoms with Gasteiger partial charge in [0.1, 0.15) is 12.0 Å². The van der Waals surface area contributed by atoms with Gasteiger partial charge in [-0.2, -0.15) is 0 Å². The maximum absolute atomic E-state index is 12.0. The van der Waals surface area contributed by atoms with Crippen LogP contribution in [-0.2, 0) is 19.1 Å². The molecule has 0 spiro atoms. The number of amidine groups is 1. The van der Waals surface area contributed by atoms with Crippen LogP contribution in [0, 0.1) is 0 Å². The van der Waals surface area contributed by atoms with Gasteiger partial charge in [0.05, 0.1) is 13.0 Å². The number of fused-ring (bicyclic) bond motifs is 1. The smallest absolute Gasteiger partial charge is 0.345 e. The first-order valence-electron chi connectivity index (χ1n) is 6.56. The number of nitrogens with one attached hydrogen (secondary N) is 2. The molecule has 0 radical (unpaired) electrons. The Balaban J connectivity index is 1.87. The van der Waals surface area contributed by atoms with Gasteiger partial charge in [-0.25, -0.2) is 4.79 Å². The number of amides is 3. The first-order valence-corrected chi connectivity index (χ1v) is 6.56. The highest BCUT2D eigenvalue weighted by molar-refractivity contribution is 6.01. The molecular weight excluding hydrogens is 280 g/mol. The Morgan fingerprint density at radius 1 is 1.57 bits per heavy atom. The van der Waals surface area contributed by atoms with Gasteiger partial charge in [0.2, 0.25) is 0 Å². The van der Waals surface area contributed by atoms with Crippen LogP contribution in [0.4, 0.5) is 4.79 Å². The van der Waals surface area contributed by atoms with Gasteiger partial charge in [0, 0.05) is 19.6 Å². The van der Waals surface area contributed by atoms with Gasteiger partial charge >= 0.3 is 18.0 Å². The molecule has 2 aliphatic rings. The summed E-state index contributed by atoms with van der Waals surface area (Å²) in [5.74, 6) is -0.778. The van der Waals surface area contributed by atoms with Crippen molar-refractivity contribution in [1.29, 1.82) is 0 Å². The van der Waals surface area contributed by atoms with E-state index >= 15 is 0 Å². The zero-order valence-electron chi connectivity index (χ0n) is 11.5. The van der Waals surface area contributed by atoms with Crippen molar-refractivity contribution in [3.05, 3.63) is 12.0 Å². The maximum atomic E-state index is 12.0. The number of hydrogen-bond donors (Lipinski definition) is 2. The summed E-state index contributed by atoms with van der Waals surface area (Å²) in [4.78, 5) is 39.6. The summed E-state index contributed by atoms with van der Waals surface area (Å²) in [6.45, 7) is 2.91. The molecular formula is C12H16N4O5.